The van der Waals surface area contributed by atoms with Gasteiger partial charge in [0.1, 0.15) is 0 Å². The number of hydrogen-bond acceptors (Lipinski definition) is 5. The molecule has 0 radical (unpaired) electrons. The quantitative estimate of drug-likeness (QED) is 0.900. The molecule has 1 heterocycles. The molecule has 0 aliphatic rings. The molecule has 2 aromatic rings. The van der Waals surface area contributed by atoms with Gasteiger partial charge in [-0.3, -0.25) is 5.32 Å². The number of nitrogens with one attached hydrogen (secondary N) is 2. The summed E-state index contributed by atoms with van der Waals surface area (Å²) in [7, 11) is 0. The van der Waals surface area contributed by atoms with Crippen LogP contribution in [-0.4, -0.2) is 22.9 Å². The van der Waals surface area contributed by atoms with Crippen LogP contribution >= 0.6 is 0 Å². The lowest BCUT2D eigenvalue weighted by Gasteiger charge is -2.09. The number of carbonyl (C=O) groups is 1. The van der Waals surface area contributed by atoms with E-state index in [0.29, 0.717) is 18.2 Å². The second-order valence-electron chi connectivity index (χ2n) is 4.59. The summed E-state index contributed by atoms with van der Waals surface area (Å²) in [5.41, 5.74) is 3.31. The maximum Gasteiger partial charge on any atom is 0.412 e. The predicted octanol–water partition coefficient (Wildman–Crippen LogP) is 3.41. The highest BCUT2D eigenvalue weighted by Gasteiger charge is 2.05. The average Bonchev–Trinajstić information content (AvgIpc) is 2.44. The van der Waals surface area contributed by atoms with Crippen LogP contribution in [0, 0.1) is 13.8 Å². The number of benzene rings is 1. The molecule has 1 amide bonds. The summed E-state index contributed by atoms with van der Waals surface area (Å²) in [5.74, 6) is 0.955. The standard InChI is InChI=1S/C15H18N4O2/c1-4-21-15(20)17-14-8-7-13(18-19-14)16-12-6-5-10(2)9-11(12)3/h5-9H,4H2,1-3H3,(H,16,18)(H,17,19,20). The number of nitrogens with zero attached hydrogens (tertiary/aromatic N) is 2. The smallest absolute Gasteiger partial charge is 0.412 e. The van der Waals surface area contributed by atoms with E-state index in [1.54, 1.807) is 19.1 Å². The minimum absolute atomic E-state index is 0.311. The third kappa shape index (κ3) is 4.17. The van der Waals surface area contributed by atoms with Crippen molar-refractivity contribution in [2.75, 3.05) is 17.2 Å². The average molecular weight is 286 g/mol. The van der Waals surface area contributed by atoms with Crippen molar-refractivity contribution in [1.82, 2.24) is 10.2 Å². The Labute approximate surface area is 123 Å². The van der Waals surface area contributed by atoms with Gasteiger partial charge in [-0.15, -0.1) is 10.2 Å². The minimum Gasteiger partial charge on any atom is -0.450 e. The van der Waals surface area contributed by atoms with Gasteiger partial charge in [0, 0.05) is 5.69 Å². The van der Waals surface area contributed by atoms with Crippen molar-refractivity contribution in [3.8, 4) is 0 Å². The van der Waals surface area contributed by atoms with E-state index >= 15 is 0 Å². The lowest BCUT2D eigenvalue weighted by Crippen LogP contribution is -2.14. The molecule has 1 aromatic carbocycles. The lowest BCUT2D eigenvalue weighted by atomic mass is 10.1. The molecule has 110 valence electrons. The highest BCUT2D eigenvalue weighted by molar-refractivity contribution is 5.83. The molecule has 2 rings (SSSR count). The third-order valence-corrected chi connectivity index (χ3v) is 2.81. The first-order chi connectivity index (χ1) is 10.1. The second kappa shape index (κ2) is 6.69. The van der Waals surface area contributed by atoms with E-state index in [4.69, 9.17) is 4.74 Å². The second-order valence-corrected chi connectivity index (χ2v) is 4.59. The number of aryl methyl sites for hydroxylation is 2. The van der Waals surface area contributed by atoms with E-state index in [1.807, 2.05) is 26.0 Å². The number of anilines is 3. The van der Waals surface area contributed by atoms with Crippen LogP contribution < -0.4 is 10.6 Å². The van der Waals surface area contributed by atoms with Gasteiger partial charge in [0.25, 0.3) is 0 Å². The fourth-order valence-corrected chi connectivity index (χ4v) is 1.83. The zero-order valence-electron chi connectivity index (χ0n) is 12.3. The number of rotatable bonds is 4. The van der Waals surface area contributed by atoms with Crippen LogP contribution in [0.3, 0.4) is 0 Å². The summed E-state index contributed by atoms with van der Waals surface area (Å²) in [5, 5.41) is 13.6. The molecule has 21 heavy (non-hydrogen) atoms. The van der Waals surface area contributed by atoms with Crippen LogP contribution in [0.5, 0.6) is 0 Å². The van der Waals surface area contributed by atoms with Gasteiger partial charge < -0.3 is 10.1 Å². The Kier molecular flexibility index (Phi) is 4.71. The molecule has 0 bridgehead atoms. The molecule has 0 spiro atoms. The zero-order chi connectivity index (χ0) is 15.2. The van der Waals surface area contributed by atoms with Gasteiger partial charge in [-0.25, -0.2) is 4.79 Å². The Balaban J connectivity index is 2.03. The van der Waals surface area contributed by atoms with Gasteiger partial charge in [0.2, 0.25) is 0 Å². The van der Waals surface area contributed by atoms with Crippen molar-refractivity contribution in [3.63, 3.8) is 0 Å². The van der Waals surface area contributed by atoms with E-state index in [1.165, 1.54) is 5.56 Å². The summed E-state index contributed by atoms with van der Waals surface area (Å²) in [4.78, 5) is 11.2. The number of aromatic nitrogens is 2. The molecule has 0 fully saturated rings. The van der Waals surface area contributed by atoms with Crippen LogP contribution in [-0.2, 0) is 4.74 Å². The van der Waals surface area contributed by atoms with Gasteiger partial charge in [-0.2, -0.15) is 0 Å². The van der Waals surface area contributed by atoms with Crippen molar-refractivity contribution < 1.29 is 9.53 Å². The highest BCUT2D eigenvalue weighted by Crippen LogP contribution is 2.20. The van der Waals surface area contributed by atoms with Crippen LogP contribution in [0.1, 0.15) is 18.1 Å². The summed E-state index contributed by atoms with van der Waals surface area (Å²) in [6.45, 7) is 6.12. The molecule has 6 heteroatoms. The Morgan fingerprint density at radius 1 is 1.14 bits per heavy atom. The van der Waals surface area contributed by atoms with Gasteiger partial charge in [0.05, 0.1) is 6.61 Å². The van der Waals surface area contributed by atoms with Crippen LogP contribution in [0.15, 0.2) is 30.3 Å². The van der Waals surface area contributed by atoms with E-state index in [0.717, 1.165) is 11.3 Å². The molecule has 0 saturated heterocycles. The molecular formula is C15H18N4O2. The van der Waals surface area contributed by atoms with E-state index in [-0.39, 0.29) is 0 Å². The number of hydrogen-bond donors (Lipinski definition) is 2. The molecule has 0 atom stereocenters. The topological polar surface area (TPSA) is 76.1 Å². The number of amides is 1. The van der Waals surface area contributed by atoms with Crippen LogP contribution in [0.25, 0.3) is 0 Å². The number of carbonyl (C=O) groups excluding carboxylic acids is 1. The largest absolute Gasteiger partial charge is 0.450 e. The van der Waals surface area contributed by atoms with Crippen molar-refractivity contribution >= 4 is 23.4 Å². The summed E-state index contributed by atoms with van der Waals surface area (Å²) < 4.78 is 4.77. The van der Waals surface area contributed by atoms with Crippen LogP contribution in [0.4, 0.5) is 22.1 Å². The first kappa shape index (κ1) is 14.8. The van der Waals surface area contributed by atoms with Gasteiger partial charge >= 0.3 is 6.09 Å². The monoisotopic (exact) mass is 286 g/mol. The molecule has 2 N–H and O–H groups in total. The van der Waals surface area contributed by atoms with Crippen molar-refractivity contribution in [1.29, 1.82) is 0 Å². The summed E-state index contributed by atoms with van der Waals surface area (Å²) >= 11 is 0. The summed E-state index contributed by atoms with van der Waals surface area (Å²) in [6.07, 6.45) is -0.540. The van der Waals surface area contributed by atoms with Crippen molar-refractivity contribution in [2.45, 2.75) is 20.8 Å². The Bertz CT molecular complexity index is 626. The third-order valence-electron chi connectivity index (χ3n) is 2.81. The lowest BCUT2D eigenvalue weighted by molar-refractivity contribution is 0.168. The molecule has 0 aliphatic heterocycles. The molecule has 0 aliphatic carbocycles. The van der Waals surface area contributed by atoms with E-state index in [9.17, 15) is 4.79 Å². The molecule has 0 unspecified atom stereocenters. The van der Waals surface area contributed by atoms with Gasteiger partial charge in [-0.1, -0.05) is 17.7 Å². The molecule has 6 nitrogen and oxygen atoms in total. The van der Waals surface area contributed by atoms with Gasteiger partial charge in [-0.05, 0) is 44.5 Å². The molecule has 0 saturated carbocycles. The first-order valence-corrected chi connectivity index (χ1v) is 6.70. The fraction of sp³-hybridized carbons (Fsp3) is 0.267. The van der Waals surface area contributed by atoms with E-state index in [2.05, 4.69) is 26.9 Å². The minimum atomic E-state index is -0.540. The SMILES string of the molecule is CCOC(=O)Nc1ccc(Nc2ccc(C)cc2C)nn1. The van der Waals surface area contributed by atoms with Crippen molar-refractivity contribution in [2.24, 2.45) is 0 Å². The molecule has 1 aromatic heterocycles. The Morgan fingerprint density at radius 3 is 2.48 bits per heavy atom. The summed E-state index contributed by atoms with van der Waals surface area (Å²) in [6, 6.07) is 9.52. The Morgan fingerprint density at radius 2 is 1.86 bits per heavy atom. The zero-order valence-corrected chi connectivity index (χ0v) is 12.3. The molecular weight excluding hydrogens is 268 g/mol. The predicted molar refractivity (Wildman–Crippen MR) is 81.9 cm³/mol. The van der Waals surface area contributed by atoms with Crippen LogP contribution in [0.2, 0.25) is 0 Å². The van der Waals surface area contributed by atoms with Gasteiger partial charge in [0.15, 0.2) is 11.6 Å². The maximum absolute atomic E-state index is 11.2. The normalized spacial score (nSPS) is 10.0. The Hall–Kier alpha value is -2.63. The van der Waals surface area contributed by atoms with E-state index < -0.39 is 6.09 Å². The van der Waals surface area contributed by atoms with Crippen molar-refractivity contribution in [3.05, 3.63) is 41.5 Å². The fourth-order valence-electron chi connectivity index (χ4n) is 1.83. The highest BCUT2D eigenvalue weighted by atomic mass is 16.5. The maximum atomic E-state index is 11.2. The first-order valence-electron chi connectivity index (χ1n) is 6.70. The number of ether oxygens (including phenoxy) is 1.